The van der Waals surface area contributed by atoms with Gasteiger partial charge in [0.2, 0.25) is 0 Å². The maximum atomic E-state index is 12.1. The number of carbonyl (C=O) groups is 1. The monoisotopic (exact) mass is 258 g/mol. The molecule has 0 spiro atoms. The van der Waals surface area contributed by atoms with Crippen molar-refractivity contribution in [2.24, 2.45) is 0 Å². The molecule has 5 nitrogen and oxygen atoms in total. The van der Waals surface area contributed by atoms with Crippen LogP contribution in [0, 0.1) is 0 Å². The van der Waals surface area contributed by atoms with Crippen LogP contribution in [0.4, 0.5) is 0 Å². The molecule has 18 heavy (non-hydrogen) atoms. The maximum Gasteiger partial charge on any atom is 0.326 e. The Morgan fingerprint density at radius 3 is 2.83 bits per heavy atom. The number of ether oxygens (including phenoxy) is 2. The van der Waals surface area contributed by atoms with Gasteiger partial charge in [-0.2, -0.15) is 0 Å². The van der Waals surface area contributed by atoms with Gasteiger partial charge in [-0.3, -0.25) is 4.79 Å². The molecule has 1 fully saturated rings. The van der Waals surface area contributed by atoms with Gasteiger partial charge >= 0.3 is 5.97 Å². The van der Waals surface area contributed by atoms with Gasteiger partial charge in [0.25, 0.3) is 0 Å². The number of rotatable bonds is 7. The minimum absolute atomic E-state index is 0.116. The number of esters is 1. The quantitative estimate of drug-likeness (QED) is 0.679. The van der Waals surface area contributed by atoms with Crippen LogP contribution in [-0.4, -0.2) is 63.4 Å². The van der Waals surface area contributed by atoms with Gasteiger partial charge in [0.1, 0.15) is 5.54 Å². The second-order valence-corrected chi connectivity index (χ2v) is 4.92. The normalized spacial score (nSPS) is 27.7. The summed E-state index contributed by atoms with van der Waals surface area (Å²) >= 11 is 0. The molecule has 2 atom stereocenters. The Labute approximate surface area is 110 Å². The highest BCUT2D eigenvalue weighted by atomic mass is 16.5. The number of carbonyl (C=O) groups excluding carboxylic acids is 1. The first-order valence-electron chi connectivity index (χ1n) is 6.65. The molecule has 2 unspecified atom stereocenters. The molecule has 106 valence electrons. The largest absolute Gasteiger partial charge is 0.465 e. The molecule has 0 aromatic rings. The van der Waals surface area contributed by atoms with Crippen LogP contribution in [0.3, 0.4) is 0 Å². The van der Waals surface area contributed by atoms with Crippen LogP contribution in [0.1, 0.15) is 26.2 Å². The zero-order valence-electron chi connectivity index (χ0n) is 12.0. The molecule has 1 N–H and O–H groups in total. The van der Waals surface area contributed by atoms with Crippen LogP contribution in [0.2, 0.25) is 0 Å². The standard InChI is InChI=1S/C13H26N2O3/c1-5-18-12(16)13(14-2)7-6-11(10-13)15(3)8-9-17-4/h11,14H,5-10H2,1-4H3. The molecule has 1 aliphatic rings. The smallest absolute Gasteiger partial charge is 0.326 e. The molecule has 0 aliphatic heterocycles. The summed E-state index contributed by atoms with van der Waals surface area (Å²) in [5.74, 6) is -0.116. The van der Waals surface area contributed by atoms with Crippen molar-refractivity contribution in [2.75, 3.05) is 41.0 Å². The molecular weight excluding hydrogens is 232 g/mol. The third-order valence-corrected chi connectivity index (χ3v) is 3.90. The summed E-state index contributed by atoms with van der Waals surface area (Å²) in [5.41, 5.74) is -0.498. The van der Waals surface area contributed by atoms with Crippen LogP contribution in [0.15, 0.2) is 0 Å². The summed E-state index contributed by atoms with van der Waals surface area (Å²) in [6.07, 6.45) is 2.66. The average Bonchev–Trinajstić information content (AvgIpc) is 2.82. The molecule has 0 aromatic heterocycles. The van der Waals surface area contributed by atoms with E-state index in [1.54, 1.807) is 7.11 Å². The van der Waals surface area contributed by atoms with Crippen molar-refractivity contribution in [2.45, 2.75) is 37.8 Å². The van der Waals surface area contributed by atoms with E-state index in [2.05, 4.69) is 17.3 Å². The minimum atomic E-state index is -0.498. The molecule has 0 aromatic carbocycles. The van der Waals surface area contributed by atoms with Gasteiger partial charge in [0, 0.05) is 19.7 Å². The summed E-state index contributed by atoms with van der Waals surface area (Å²) in [6.45, 7) is 3.90. The van der Waals surface area contributed by atoms with E-state index in [9.17, 15) is 4.79 Å². The highest BCUT2D eigenvalue weighted by molar-refractivity contribution is 5.81. The summed E-state index contributed by atoms with van der Waals surface area (Å²) in [6, 6.07) is 0.414. The van der Waals surface area contributed by atoms with Crippen molar-refractivity contribution in [1.82, 2.24) is 10.2 Å². The lowest BCUT2D eigenvalue weighted by Gasteiger charge is -2.29. The van der Waals surface area contributed by atoms with Gasteiger partial charge in [-0.15, -0.1) is 0 Å². The predicted octanol–water partition coefficient (Wildman–Crippen LogP) is 0.638. The zero-order valence-corrected chi connectivity index (χ0v) is 12.0. The van der Waals surface area contributed by atoms with E-state index in [0.29, 0.717) is 12.6 Å². The Hall–Kier alpha value is -0.650. The molecule has 1 rings (SSSR count). The second-order valence-electron chi connectivity index (χ2n) is 4.92. The molecule has 0 heterocycles. The highest BCUT2D eigenvalue weighted by Crippen LogP contribution is 2.33. The molecule has 5 heteroatoms. The first kappa shape index (κ1) is 15.4. The highest BCUT2D eigenvalue weighted by Gasteiger charge is 2.46. The topological polar surface area (TPSA) is 50.8 Å². The summed E-state index contributed by atoms with van der Waals surface area (Å²) in [4.78, 5) is 14.3. The van der Waals surface area contributed by atoms with E-state index < -0.39 is 5.54 Å². The SMILES string of the molecule is CCOC(=O)C1(NC)CCC(N(C)CCOC)C1. The van der Waals surface area contributed by atoms with Gasteiger partial charge in [-0.1, -0.05) is 0 Å². The minimum Gasteiger partial charge on any atom is -0.465 e. The van der Waals surface area contributed by atoms with Crippen molar-refractivity contribution in [1.29, 1.82) is 0 Å². The molecule has 0 amide bonds. The second kappa shape index (κ2) is 7.07. The third-order valence-electron chi connectivity index (χ3n) is 3.90. The van der Waals surface area contributed by atoms with Gasteiger partial charge in [-0.25, -0.2) is 0 Å². The van der Waals surface area contributed by atoms with Crippen molar-refractivity contribution >= 4 is 5.97 Å². The first-order valence-corrected chi connectivity index (χ1v) is 6.65. The van der Waals surface area contributed by atoms with E-state index >= 15 is 0 Å². The van der Waals surface area contributed by atoms with Crippen LogP contribution >= 0.6 is 0 Å². The van der Waals surface area contributed by atoms with Crippen LogP contribution in [-0.2, 0) is 14.3 Å². The van der Waals surface area contributed by atoms with E-state index in [4.69, 9.17) is 9.47 Å². The third kappa shape index (κ3) is 3.43. The lowest BCUT2D eigenvalue weighted by atomic mass is 9.97. The molecular formula is C13H26N2O3. The van der Waals surface area contributed by atoms with Crippen LogP contribution in [0.25, 0.3) is 0 Å². The zero-order chi connectivity index (χ0) is 13.6. The first-order chi connectivity index (χ1) is 8.59. The Bertz CT molecular complexity index is 273. The van der Waals surface area contributed by atoms with Gasteiger partial charge in [0.15, 0.2) is 0 Å². The molecule has 1 saturated carbocycles. The number of nitrogens with zero attached hydrogens (tertiary/aromatic N) is 1. The number of hydrogen-bond acceptors (Lipinski definition) is 5. The summed E-state index contributed by atoms with van der Waals surface area (Å²) in [5, 5.41) is 3.17. The lowest BCUT2D eigenvalue weighted by molar-refractivity contribution is -0.151. The van der Waals surface area contributed by atoms with Gasteiger partial charge in [-0.05, 0) is 40.3 Å². The predicted molar refractivity (Wildman–Crippen MR) is 70.6 cm³/mol. The van der Waals surface area contributed by atoms with E-state index in [1.807, 2.05) is 14.0 Å². The Morgan fingerprint density at radius 2 is 2.28 bits per heavy atom. The molecule has 0 bridgehead atoms. The summed E-state index contributed by atoms with van der Waals surface area (Å²) in [7, 11) is 5.63. The van der Waals surface area contributed by atoms with Crippen LogP contribution < -0.4 is 5.32 Å². The van der Waals surface area contributed by atoms with Gasteiger partial charge < -0.3 is 19.7 Å². The summed E-state index contributed by atoms with van der Waals surface area (Å²) < 4.78 is 10.3. The van der Waals surface area contributed by atoms with Gasteiger partial charge in [0.05, 0.1) is 13.2 Å². The lowest BCUT2D eigenvalue weighted by Crippen LogP contribution is -2.50. The fourth-order valence-corrected chi connectivity index (χ4v) is 2.60. The fourth-order valence-electron chi connectivity index (χ4n) is 2.60. The Morgan fingerprint density at radius 1 is 1.56 bits per heavy atom. The Kier molecular flexibility index (Phi) is 6.05. The van der Waals surface area contributed by atoms with Crippen molar-refractivity contribution in [3.63, 3.8) is 0 Å². The maximum absolute atomic E-state index is 12.1. The fraction of sp³-hybridized carbons (Fsp3) is 0.923. The molecule has 0 radical (unpaired) electrons. The van der Waals surface area contributed by atoms with Crippen molar-refractivity contribution < 1.29 is 14.3 Å². The Balaban J connectivity index is 2.58. The number of methoxy groups -OCH3 is 1. The van der Waals surface area contributed by atoms with E-state index in [0.717, 1.165) is 32.4 Å². The van der Waals surface area contributed by atoms with Crippen LogP contribution in [0.5, 0.6) is 0 Å². The van der Waals surface area contributed by atoms with E-state index in [1.165, 1.54) is 0 Å². The number of likely N-dealkylation sites (N-methyl/N-ethyl adjacent to an activating group) is 2. The molecule has 1 aliphatic carbocycles. The van der Waals surface area contributed by atoms with E-state index in [-0.39, 0.29) is 5.97 Å². The number of nitrogens with one attached hydrogen (secondary N) is 1. The average molecular weight is 258 g/mol. The number of hydrogen-bond donors (Lipinski definition) is 1. The van der Waals surface area contributed by atoms with Crippen molar-refractivity contribution in [3.8, 4) is 0 Å². The van der Waals surface area contributed by atoms with Crippen molar-refractivity contribution in [3.05, 3.63) is 0 Å². The molecule has 0 saturated heterocycles.